The Kier molecular flexibility index (Phi) is 5.80. The van der Waals surface area contributed by atoms with Crippen LogP contribution in [0.3, 0.4) is 0 Å². The van der Waals surface area contributed by atoms with E-state index < -0.39 is 12.6 Å². The Morgan fingerprint density at radius 2 is 1.71 bits per heavy atom. The van der Waals surface area contributed by atoms with Gasteiger partial charge in [-0.3, -0.25) is 9.59 Å². The summed E-state index contributed by atoms with van der Waals surface area (Å²) in [6.45, 7) is 1.69. The predicted octanol–water partition coefficient (Wildman–Crippen LogP) is 4.36. The van der Waals surface area contributed by atoms with Crippen molar-refractivity contribution >= 4 is 23.3 Å². The highest BCUT2D eigenvalue weighted by atomic mass is 16.5. The van der Waals surface area contributed by atoms with Gasteiger partial charge in [0, 0.05) is 11.3 Å². The van der Waals surface area contributed by atoms with E-state index in [0.29, 0.717) is 23.6 Å². The first kappa shape index (κ1) is 20.3. The van der Waals surface area contributed by atoms with Crippen molar-refractivity contribution in [1.82, 2.24) is 0 Å². The van der Waals surface area contributed by atoms with E-state index in [9.17, 15) is 14.4 Å². The first-order valence-electron chi connectivity index (χ1n) is 9.94. The Labute approximate surface area is 179 Å². The molecule has 4 rings (SSSR count). The summed E-state index contributed by atoms with van der Waals surface area (Å²) in [5.74, 6) is -1.01. The van der Waals surface area contributed by atoms with E-state index in [1.54, 1.807) is 49.4 Å². The minimum atomic E-state index is -0.636. The van der Waals surface area contributed by atoms with Crippen LogP contribution < -0.4 is 10.1 Å². The molecule has 0 bridgehead atoms. The molecule has 0 unspecified atom stereocenters. The Morgan fingerprint density at radius 3 is 2.52 bits per heavy atom. The van der Waals surface area contributed by atoms with Gasteiger partial charge in [0.15, 0.2) is 12.4 Å². The Balaban J connectivity index is 1.40. The van der Waals surface area contributed by atoms with Crippen LogP contribution in [-0.2, 0) is 16.1 Å². The number of fused-ring (bicyclic) bond motifs is 1. The van der Waals surface area contributed by atoms with Crippen LogP contribution in [0.4, 0.5) is 5.69 Å². The summed E-state index contributed by atoms with van der Waals surface area (Å²) in [6, 6.07) is 21.3. The van der Waals surface area contributed by atoms with Crippen LogP contribution in [0, 0.1) is 0 Å². The fourth-order valence-corrected chi connectivity index (χ4v) is 3.38. The molecule has 1 amide bonds. The second kappa shape index (κ2) is 8.83. The minimum absolute atomic E-state index is 0.0989. The van der Waals surface area contributed by atoms with Crippen LogP contribution in [0.1, 0.15) is 44.7 Å². The van der Waals surface area contributed by atoms with E-state index >= 15 is 0 Å². The molecule has 0 spiro atoms. The van der Waals surface area contributed by atoms with Crippen LogP contribution in [0.2, 0.25) is 0 Å². The van der Waals surface area contributed by atoms with Gasteiger partial charge in [0.2, 0.25) is 5.91 Å². The first-order chi connectivity index (χ1) is 15.0. The smallest absolute Gasteiger partial charge is 0.342 e. The molecule has 6 nitrogen and oxygen atoms in total. The number of ketones is 1. The van der Waals surface area contributed by atoms with Crippen molar-refractivity contribution in [3.8, 4) is 5.75 Å². The number of para-hydroxylation sites is 1. The van der Waals surface area contributed by atoms with Gasteiger partial charge in [0.25, 0.3) is 0 Å². The van der Waals surface area contributed by atoms with Crippen molar-refractivity contribution in [2.75, 3.05) is 11.9 Å². The van der Waals surface area contributed by atoms with Crippen molar-refractivity contribution in [3.05, 3.63) is 95.1 Å². The number of amides is 1. The third kappa shape index (κ3) is 4.48. The molecule has 156 valence electrons. The maximum atomic E-state index is 12.6. The van der Waals surface area contributed by atoms with Gasteiger partial charge in [0.05, 0.1) is 5.92 Å². The van der Waals surface area contributed by atoms with Gasteiger partial charge in [-0.05, 0) is 48.4 Å². The molecular formula is C25H21NO5. The summed E-state index contributed by atoms with van der Waals surface area (Å²) in [4.78, 5) is 36.9. The number of esters is 1. The monoisotopic (exact) mass is 415 g/mol. The highest BCUT2D eigenvalue weighted by molar-refractivity contribution is 6.05. The zero-order valence-electron chi connectivity index (χ0n) is 17.0. The summed E-state index contributed by atoms with van der Waals surface area (Å²) in [7, 11) is 0. The highest BCUT2D eigenvalue weighted by Crippen LogP contribution is 2.32. The molecule has 31 heavy (non-hydrogen) atoms. The standard InChI is InChI=1S/C25H21NO5/c1-16-20-13-18(11-12-21(20)26-24(16)28)22(27)15-31-25(29)19-9-5-6-10-23(19)30-14-17-7-3-2-4-8-17/h2-13,16H,14-15H2,1H3,(H,26,28)/t16-/m1/s1. The molecule has 0 saturated carbocycles. The first-order valence-corrected chi connectivity index (χ1v) is 9.94. The molecule has 0 saturated heterocycles. The van der Waals surface area contributed by atoms with Crippen LogP contribution >= 0.6 is 0 Å². The number of nitrogens with one attached hydrogen (secondary N) is 1. The zero-order chi connectivity index (χ0) is 21.8. The molecule has 1 atom stereocenters. The van der Waals surface area contributed by atoms with Gasteiger partial charge >= 0.3 is 5.97 Å². The molecule has 3 aromatic carbocycles. The number of hydrogen-bond acceptors (Lipinski definition) is 5. The summed E-state index contributed by atoms with van der Waals surface area (Å²) in [6.07, 6.45) is 0. The van der Waals surface area contributed by atoms with Crippen molar-refractivity contribution < 1.29 is 23.9 Å². The third-order valence-corrected chi connectivity index (χ3v) is 5.17. The lowest BCUT2D eigenvalue weighted by Gasteiger charge is -2.11. The number of carbonyl (C=O) groups is 3. The lowest BCUT2D eigenvalue weighted by molar-refractivity contribution is -0.116. The van der Waals surface area contributed by atoms with Crippen LogP contribution in [-0.4, -0.2) is 24.3 Å². The molecule has 1 heterocycles. The number of Topliss-reactive ketones (excluding diaryl/α,β-unsaturated/α-hetero) is 1. The average Bonchev–Trinajstić information content (AvgIpc) is 3.09. The maximum absolute atomic E-state index is 12.6. The lowest BCUT2D eigenvalue weighted by atomic mass is 9.99. The average molecular weight is 415 g/mol. The molecule has 3 aromatic rings. The SMILES string of the molecule is C[C@H]1C(=O)Nc2ccc(C(=O)COC(=O)c3ccccc3OCc3ccccc3)cc21. The van der Waals surface area contributed by atoms with E-state index in [4.69, 9.17) is 9.47 Å². The van der Waals surface area contributed by atoms with Gasteiger partial charge < -0.3 is 14.8 Å². The predicted molar refractivity (Wildman–Crippen MR) is 115 cm³/mol. The normalized spacial score (nSPS) is 14.5. The molecule has 1 N–H and O–H groups in total. The van der Waals surface area contributed by atoms with Crippen LogP contribution in [0.15, 0.2) is 72.8 Å². The number of benzene rings is 3. The largest absolute Gasteiger partial charge is 0.488 e. The quantitative estimate of drug-likeness (QED) is 0.458. The van der Waals surface area contributed by atoms with Crippen LogP contribution in [0.5, 0.6) is 5.75 Å². The maximum Gasteiger partial charge on any atom is 0.342 e. The summed E-state index contributed by atoms with van der Waals surface area (Å²) in [5, 5.41) is 2.77. The molecule has 0 radical (unpaired) electrons. The van der Waals surface area contributed by atoms with Gasteiger partial charge in [-0.2, -0.15) is 0 Å². The van der Waals surface area contributed by atoms with E-state index in [1.165, 1.54) is 0 Å². The molecular weight excluding hydrogens is 394 g/mol. The summed E-state index contributed by atoms with van der Waals surface area (Å²) in [5.41, 5.74) is 3.09. The van der Waals surface area contributed by atoms with Gasteiger partial charge in [-0.15, -0.1) is 0 Å². The lowest BCUT2D eigenvalue weighted by Crippen LogP contribution is -2.15. The third-order valence-electron chi connectivity index (χ3n) is 5.17. The fraction of sp³-hybridized carbons (Fsp3) is 0.160. The topological polar surface area (TPSA) is 81.7 Å². The molecule has 0 aromatic heterocycles. The van der Waals surface area contributed by atoms with Crippen LogP contribution in [0.25, 0.3) is 0 Å². The Bertz CT molecular complexity index is 1140. The van der Waals surface area contributed by atoms with Crippen molar-refractivity contribution in [1.29, 1.82) is 0 Å². The van der Waals surface area contributed by atoms with Crippen molar-refractivity contribution in [2.45, 2.75) is 19.4 Å². The van der Waals surface area contributed by atoms with Crippen molar-refractivity contribution in [2.24, 2.45) is 0 Å². The summed E-state index contributed by atoms with van der Waals surface area (Å²) >= 11 is 0. The number of ether oxygens (including phenoxy) is 2. The van der Waals surface area contributed by atoms with E-state index in [0.717, 1.165) is 11.1 Å². The van der Waals surface area contributed by atoms with Gasteiger partial charge in [0.1, 0.15) is 17.9 Å². The highest BCUT2D eigenvalue weighted by Gasteiger charge is 2.27. The van der Waals surface area contributed by atoms with Gasteiger partial charge in [-0.25, -0.2) is 4.79 Å². The zero-order valence-corrected chi connectivity index (χ0v) is 17.0. The van der Waals surface area contributed by atoms with E-state index in [1.807, 2.05) is 30.3 Å². The minimum Gasteiger partial charge on any atom is -0.488 e. The number of hydrogen-bond donors (Lipinski definition) is 1. The Hall–Kier alpha value is -3.93. The van der Waals surface area contributed by atoms with E-state index in [2.05, 4.69) is 5.32 Å². The second-order valence-electron chi connectivity index (χ2n) is 7.28. The fourth-order valence-electron chi connectivity index (χ4n) is 3.38. The van der Waals surface area contributed by atoms with Crippen molar-refractivity contribution in [3.63, 3.8) is 0 Å². The molecule has 0 fully saturated rings. The number of carbonyl (C=O) groups excluding carboxylic acids is 3. The number of rotatable bonds is 7. The van der Waals surface area contributed by atoms with Gasteiger partial charge in [-0.1, -0.05) is 42.5 Å². The Morgan fingerprint density at radius 1 is 0.968 bits per heavy atom. The molecule has 6 heteroatoms. The second-order valence-corrected chi connectivity index (χ2v) is 7.28. The molecule has 0 aliphatic carbocycles. The molecule has 1 aliphatic heterocycles. The summed E-state index contributed by atoms with van der Waals surface area (Å²) < 4.78 is 11.0. The molecule has 1 aliphatic rings. The van der Waals surface area contributed by atoms with E-state index in [-0.39, 0.29) is 23.2 Å². The number of anilines is 1.